The fourth-order valence-corrected chi connectivity index (χ4v) is 3.59. The molecule has 0 atom stereocenters. The average molecular weight is 350 g/mol. The predicted molar refractivity (Wildman–Crippen MR) is 93.1 cm³/mol. The zero-order valence-electron chi connectivity index (χ0n) is 12.5. The van der Waals surface area contributed by atoms with E-state index in [0.717, 1.165) is 36.0 Å². The summed E-state index contributed by atoms with van der Waals surface area (Å²) in [6.07, 6.45) is 2.99. The van der Waals surface area contributed by atoms with Crippen molar-refractivity contribution in [1.29, 1.82) is 0 Å². The highest BCUT2D eigenvalue weighted by Gasteiger charge is 2.38. The Morgan fingerprint density at radius 1 is 1.09 bits per heavy atom. The molecule has 0 amide bonds. The van der Waals surface area contributed by atoms with Gasteiger partial charge in [0.25, 0.3) is 0 Å². The van der Waals surface area contributed by atoms with Crippen LogP contribution in [0.4, 0.5) is 0 Å². The molecule has 0 aromatic heterocycles. The van der Waals surface area contributed by atoms with Gasteiger partial charge in [0, 0.05) is 15.6 Å². The van der Waals surface area contributed by atoms with Crippen molar-refractivity contribution < 1.29 is 9.90 Å². The maximum atomic E-state index is 10.9. The summed E-state index contributed by atoms with van der Waals surface area (Å²) in [7, 11) is 0. The number of rotatable bonds is 5. The summed E-state index contributed by atoms with van der Waals surface area (Å²) in [5.41, 5.74) is 2.85. The minimum atomic E-state index is -0.839. The number of carboxylic acid groups (broad SMARTS) is 1. The van der Waals surface area contributed by atoms with Crippen LogP contribution in [0, 0.1) is 0 Å². The topological polar surface area (TPSA) is 49.3 Å². The molecule has 23 heavy (non-hydrogen) atoms. The molecule has 0 bridgehead atoms. The molecule has 0 spiro atoms. The van der Waals surface area contributed by atoms with E-state index in [1.807, 2.05) is 30.3 Å². The van der Waals surface area contributed by atoms with Crippen LogP contribution in [-0.4, -0.2) is 17.6 Å². The van der Waals surface area contributed by atoms with Crippen LogP contribution >= 0.6 is 23.2 Å². The molecule has 5 heteroatoms. The van der Waals surface area contributed by atoms with Gasteiger partial charge in [0.15, 0.2) is 0 Å². The number of halogens is 2. The van der Waals surface area contributed by atoms with Gasteiger partial charge in [-0.1, -0.05) is 41.4 Å². The second kappa shape index (κ2) is 6.52. The fourth-order valence-electron chi connectivity index (χ4n) is 3.06. The van der Waals surface area contributed by atoms with Crippen molar-refractivity contribution in [3.63, 3.8) is 0 Å². The molecule has 2 N–H and O–H groups in total. The highest BCUT2D eigenvalue weighted by atomic mass is 35.5. The first-order valence-electron chi connectivity index (χ1n) is 7.52. The number of hydrogen-bond donors (Lipinski definition) is 2. The highest BCUT2D eigenvalue weighted by molar-refractivity contribution is 6.35. The molecule has 3 rings (SSSR count). The van der Waals surface area contributed by atoms with Gasteiger partial charge in [-0.25, -0.2) is 0 Å². The number of carbonyl (C=O) groups is 1. The van der Waals surface area contributed by atoms with Crippen LogP contribution in [0.25, 0.3) is 11.1 Å². The smallest absolute Gasteiger partial charge is 0.317 e. The van der Waals surface area contributed by atoms with E-state index in [1.165, 1.54) is 0 Å². The van der Waals surface area contributed by atoms with E-state index >= 15 is 0 Å². The Morgan fingerprint density at radius 3 is 2.35 bits per heavy atom. The molecule has 1 saturated carbocycles. The zero-order chi connectivity index (χ0) is 16.4. The molecule has 1 aliphatic carbocycles. The largest absolute Gasteiger partial charge is 0.480 e. The lowest BCUT2D eigenvalue weighted by Gasteiger charge is -2.43. The van der Waals surface area contributed by atoms with E-state index in [0.29, 0.717) is 10.0 Å². The Bertz CT molecular complexity index is 721. The monoisotopic (exact) mass is 349 g/mol. The molecule has 120 valence electrons. The molecule has 0 heterocycles. The summed E-state index contributed by atoms with van der Waals surface area (Å²) in [5.74, 6) is -0.839. The standard InChI is InChI=1S/C18H17Cl2NO2/c19-15-8-13(9-16(20)10-15)12-3-1-4-14(7-12)18(5-2-6-18)21-11-17(22)23/h1,3-4,7-10,21H,2,5-6,11H2,(H,22,23). The van der Waals surface area contributed by atoms with Crippen LogP contribution < -0.4 is 5.32 Å². The number of nitrogens with one attached hydrogen (secondary N) is 1. The van der Waals surface area contributed by atoms with Gasteiger partial charge < -0.3 is 5.11 Å². The second-order valence-corrected chi connectivity index (χ2v) is 6.79. The Kier molecular flexibility index (Phi) is 4.62. The van der Waals surface area contributed by atoms with Gasteiger partial charge >= 0.3 is 5.97 Å². The minimum absolute atomic E-state index is 0.0345. The molecule has 2 aromatic carbocycles. The second-order valence-electron chi connectivity index (χ2n) is 5.92. The SMILES string of the molecule is O=C(O)CNC1(c2cccc(-c3cc(Cl)cc(Cl)c3)c2)CCC1. The molecule has 3 nitrogen and oxygen atoms in total. The number of aliphatic carboxylic acids is 1. The number of carboxylic acids is 1. The maximum absolute atomic E-state index is 10.9. The van der Waals surface area contributed by atoms with Crippen LogP contribution in [-0.2, 0) is 10.3 Å². The van der Waals surface area contributed by atoms with E-state index in [1.54, 1.807) is 6.07 Å². The molecule has 2 aromatic rings. The van der Waals surface area contributed by atoms with E-state index in [4.69, 9.17) is 28.3 Å². The molecule has 0 radical (unpaired) electrons. The van der Waals surface area contributed by atoms with E-state index < -0.39 is 5.97 Å². The van der Waals surface area contributed by atoms with Gasteiger partial charge in [0.05, 0.1) is 6.54 Å². The van der Waals surface area contributed by atoms with E-state index in [-0.39, 0.29) is 12.1 Å². The number of hydrogen-bond acceptors (Lipinski definition) is 2. The lowest BCUT2D eigenvalue weighted by Crippen LogP contribution is -2.49. The molecule has 1 aliphatic rings. The fraction of sp³-hybridized carbons (Fsp3) is 0.278. The summed E-state index contributed by atoms with van der Waals surface area (Å²) in [4.78, 5) is 10.9. The summed E-state index contributed by atoms with van der Waals surface area (Å²) < 4.78 is 0. The first-order valence-corrected chi connectivity index (χ1v) is 8.28. The van der Waals surface area contributed by atoms with Gasteiger partial charge in [-0.3, -0.25) is 10.1 Å². The first-order chi connectivity index (χ1) is 11.0. The Labute approximate surface area is 145 Å². The lowest BCUT2D eigenvalue weighted by atomic mass is 9.71. The molecule has 1 fully saturated rings. The third kappa shape index (κ3) is 3.52. The van der Waals surface area contributed by atoms with E-state index in [2.05, 4.69) is 11.4 Å². The van der Waals surface area contributed by atoms with Crippen molar-refractivity contribution >= 4 is 29.2 Å². The van der Waals surface area contributed by atoms with Crippen molar-refractivity contribution in [1.82, 2.24) is 5.32 Å². The summed E-state index contributed by atoms with van der Waals surface area (Å²) in [6.45, 7) is -0.0345. The van der Waals surface area contributed by atoms with Crippen LogP contribution in [0.3, 0.4) is 0 Å². The summed E-state index contributed by atoms with van der Waals surface area (Å²) >= 11 is 12.2. The number of benzene rings is 2. The van der Waals surface area contributed by atoms with Gasteiger partial charge in [0.1, 0.15) is 0 Å². The van der Waals surface area contributed by atoms with Crippen molar-refractivity contribution in [2.45, 2.75) is 24.8 Å². The van der Waals surface area contributed by atoms with Crippen molar-refractivity contribution in [2.75, 3.05) is 6.54 Å². The Balaban J connectivity index is 1.94. The Hall–Kier alpha value is -1.55. The molecule has 0 unspecified atom stereocenters. The van der Waals surface area contributed by atoms with Gasteiger partial charge in [-0.05, 0) is 60.2 Å². The molecule has 0 saturated heterocycles. The zero-order valence-corrected chi connectivity index (χ0v) is 14.0. The highest BCUT2D eigenvalue weighted by Crippen LogP contribution is 2.42. The van der Waals surface area contributed by atoms with Crippen molar-refractivity contribution in [3.05, 3.63) is 58.1 Å². The van der Waals surface area contributed by atoms with Crippen molar-refractivity contribution in [3.8, 4) is 11.1 Å². The normalized spacial score (nSPS) is 15.9. The van der Waals surface area contributed by atoms with Gasteiger partial charge in [-0.2, -0.15) is 0 Å². The van der Waals surface area contributed by atoms with Gasteiger partial charge in [-0.15, -0.1) is 0 Å². The predicted octanol–water partition coefficient (Wildman–Crippen LogP) is 4.71. The summed E-state index contributed by atoms with van der Waals surface area (Å²) in [5, 5.41) is 13.3. The minimum Gasteiger partial charge on any atom is -0.480 e. The van der Waals surface area contributed by atoms with Crippen molar-refractivity contribution in [2.24, 2.45) is 0 Å². The molecule has 0 aliphatic heterocycles. The molecular weight excluding hydrogens is 333 g/mol. The maximum Gasteiger partial charge on any atom is 0.317 e. The Morgan fingerprint density at radius 2 is 1.78 bits per heavy atom. The van der Waals surface area contributed by atoms with Gasteiger partial charge in [0.2, 0.25) is 0 Å². The van der Waals surface area contributed by atoms with Crippen LogP contribution in [0.2, 0.25) is 10.0 Å². The van der Waals surface area contributed by atoms with Crippen LogP contribution in [0.15, 0.2) is 42.5 Å². The van der Waals surface area contributed by atoms with E-state index in [9.17, 15) is 4.79 Å². The summed E-state index contributed by atoms with van der Waals surface area (Å²) in [6, 6.07) is 13.6. The average Bonchev–Trinajstić information content (AvgIpc) is 2.45. The first kappa shape index (κ1) is 16.3. The molecular formula is C18H17Cl2NO2. The lowest BCUT2D eigenvalue weighted by molar-refractivity contribution is -0.136. The van der Waals surface area contributed by atoms with Crippen LogP contribution in [0.5, 0.6) is 0 Å². The quantitative estimate of drug-likeness (QED) is 0.821. The third-order valence-corrected chi connectivity index (χ3v) is 4.83. The van der Waals surface area contributed by atoms with Crippen LogP contribution in [0.1, 0.15) is 24.8 Å². The third-order valence-electron chi connectivity index (χ3n) is 4.40.